The average Bonchev–Trinajstić information content (AvgIpc) is 0.752. The van der Waals surface area contributed by atoms with E-state index in [-0.39, 0.29) is 18.3 Å². The van der Waals surface area contributed by atoms with Crippen molar-refractivity contribution in [3.05, 3.63) is 265 Å². The van der Waals surface area contributed by atoms with Crippen LogP contribution in [0.3, 0.4) is 0 Å². The number of pyridine rings is 3. The Hall–Kier alpha value is -11.1. The lowest BCUT2D eigenvalue weighted by Crippen LogP contribution is -2.12. The number of ether oxygens (including phenoxy) is 6. The zero-order valence-corrected chi connectivity index (χ0v) is 66.5. The average molecular weight is 1450 g/mol. The smallest absolute Gasteiger partial charge is 0.126 e. The molecule has 6 aromatic carbocycles. The summed E-state index contributed by atoms with van der Waals surface area (Å²) in [5.74, 6) is 45.2. The molecule has 9 heteroatoms. The van der Waals surface area contributed by atoms with Crippen molar-refractivity contribution in [2.24, 2.45) is 0 Å². The molecule has 0 radical (unpaired) electrons. The third-order valence-electron chi connectivity index (χ3n) is 19.2. The van der Waals surface area contributed by atoms with E-state index in [0.29, 0.717) is 17.2 Å². The van der Waals surface area contributed by atoms with Crippen molar-refractivity contribution in [3.63, 3.8) is 0 Å². The molecule has 0 unspecified atom stereocenters. The molecular formula is C100H109N3O6. The summed E-state index contributed by atoms with van der Waals surface area (Å²) in [6.45, 7) is 19.4. The summed E-state index contributed by atoms with van der Waals surface area (Å²) in [6.07, 6.45) is 35.3. The Morgan fingerprint density at radius 1 is 0.284 bits per heavy atom. The van der Waals surface area contributed by atoms with Gasteiger partial charge in [-0.2, -0.15) is 0 Å². The number of methoxy groups -OCH3 is 3. The largest absolute Gasteiger partial charge is 0.496 e. The van der Waals surface area contributed by atoms with Crippen molar-refractivity contribution < 1.29 is 28.4 Å². The van der Waals surface area contributed by atoms with Gasteiger partial charge in [0, 0.05) is 127 Å². The predicted molar refractivity (Wildman–Crippen MR) is 446 cm³/mol. The van der Waals surface area contributed by atoms with Gasteiger partial charge in [0.05, 0.1) is 39.6 Å². The first-order valence-corrected chi connectivity index (χ1v) is 39.5. The molecule has 9 aromatic rings. The highest BCUT2D eigenvalue weighted by Crippen LogP contribution is 2.48. The number of hydrogen-bond acceptors (Lipinski definition) is 9. The van der Waals surface area contributed by atoms with Crippen LogP contribution >= 0.6 is 0 Å². The molecule has 0 bridgehead atoms. The van der Waals surface area contributed by atoms with Gasteiger partial charge in [-0.05, 0) is 224 Å². The Kier molecular flexibility index (Phi) is 33.3. The minimum atomic E-state index is -0.626. The molecule has 560 valence electrons. The predicted octanol–water partition coefficient (Wildman–Crippen LogP) is 23.0. The molecule has 3 aromatic heterocycles. The molecular weight excluding hydrogens is 1340 g/mol. The Bertz CT molecular complexity index is 4350. The SMILES string of the molecule is CCCCCCCC[C@@H](C)Oc1cc(C#Cc2cccnc2)cc(C#Cc2cc(C)c(OC)c(C(c3cc(C#Cc4cc(C#Cc5cccnc5)cc(O[C@H](C)CCCCCCCC)c4)cc(C)c3OC)c3cc(C#Cc4cc(C#Cc5cccnc5)cc(O[C@H](C)CCCCCCCC)c4)cc(C)c3OC)c2)c1. The number of aromatic nitrogens is 3. The zero-order valence-electron chi connectivity index (χ0n) is 66.5. The first-order valence-electron chi connectivity index (χ1n) is 39.5. The molecule has 0 aliphatic rings. The Labute approximate surface area is 652 Å². The van der Waals surface area contributed by atoms with Crippen molar-refractivity contribution >= 4 is 0 Å². The standard InChI is InChI=1S/C100H109N3O6/c1-13-16-19-22-25-28-34-76(7)107-91-61-85(43-40-79-37-31-52-101-70-79)58-88(64-91)49-46-82-55-73(4)98(104-10)94(67-82)97(95-68-83(56-74(5)99(95)105-11)47-50-89-59-86(44-41-80-38-32-53-102-71-80)62-92(65-89)108-77(8)35-29-26-23-20-17-14-2)96-69-84(57-75(6)100(96)106-12)48-51-90-60-87(45-42-81-39-33-54-103-72-81)63-93(66-90)109-78(9)36-30-27-24-21-18-15-3/h31-33,37-39,52-72,76-78,97H,13-30,34-36H2,1-12H3/t76-,77-,78-/m1/s1. The molecule has 0 saturated carbocycles. The van der Waals surface area contributed by atoms with Crippen LogP contribution in [-0.2, 0) is 0 Å². The van der Waals surface area contributed by atoms with E-state index in [1.54, 1.807) is 58.5 Å². The van der Waals surface area contributed by atoms with E-state index < -0.39 is 5.92 Å². The fourth-order valence-corrected chi connectivity index (χ4v) is 13.7. The first kappa shape index (κ1) is 82.0. The number of aryl methyl sites for hydroxylation is 3. The summed E-state index contributed by atoms with van der Waals surface area (Å²) < 4.78 is 39.9. The third kappa shape index (κ3) is 26.7. The fraction of sp³-hybridized carbons (Fsp3) is 0.370. The van der Waals surface area contributed by atoms with Crippen molar-refractivity contribution in [2.75, 3.05) is 21.3 Å². The second-order valence-electron chi connectivity index (χ2n) is 28.6. The monoisotopic (exact) mass is 1450 g/mol. The van der Waals surface area contributed by atoms with Crippen molar-refractivity contribution in [3.8, 4) is 106 Å². The molecule has 3 heterocycles. The minimum Gasteiger partial charge on any atom is -0.496 e. The maximum atomic E-state index is 6.70. The molecule has 0 fully saturated rings. The Morgan fingerprint density at radius 2 is 0.514 bits per heavy atom. The van der Waals surface area contributed by atoms with Gasteiger partial charge in [0.25, 0.3) is 0 Å². The van der Waals surface area contributed by atoms with Gasteiger partial charge in [-0.25, -0.2) is 0 Å². The lowest BCUT2D eigenvalue weighted by atomic mass is 9.80. The fourth-order valence-electron chi connectivity index (χ4n) is 13.7. The molecule has 0 aliphatic carbocycles. The number of hydrogen-bond donors (Lipinski definition) is 0. The van der Waals surface area contributed by atoms with Crippen LogP contribution in [0.25, 0.3) is 0 Å². The second-order valence-corrected chi connectivity index (χ2v) is 28.6. The summed E-state index contributed by atoms with van der Waals surface area (Å²) in [4.78, 5) is 12.9. The van der Waals surface area contributed by atoms with E-state index in [4.69, 9.17) is 28.4 Å². The van der Waals surface area contributed by atoms with Gasteiger partial charge in [-0.1, -0.05) is 188 Å². The van der Waals surface area contributed by atoms with Gasteiger partial charge in [0.2, 0.25) is 0 Å². The van der Waals surface area contributed by atoms with Crippen molar-refractivity contribution in [1.82, 2.24) is 15.0 Å². The number of nitrogens with zero attached hydrogens (tertiary/aromatic N) is 3. The van der Waals surface area contributed by atoms with Crippen LogP contribution in [0.5, 0.6) is 34.5 Å². The molecule has 0 spiro atoms. The molecule has 3 atom stereocenters. The van der Waals surface area contributed by atoms with Crippen LogP contribution in [-0.4, -0.2) is 54.6 Å². The van der Waals surface area contributed by atoms with Crippen LogP contribution in [0.15, 0.2) is 165 Å². The Morgan fingerprint density at radius 3 is 0.743 bits per heavy atom. The van der Waals surface area contributed by atoms with Crippen molar-refractivity contribution in [1.29, 1.82) is 0 Å². The molecule has 9 rings (SSSR count). The van der Waals surface area contributed by atoms with Gasteiger partial charge in [-0.15, -0.1) is 0 Å². The number of rotatable bonds is 33. The summed E-state index contributed by atoms with van der Waals surface area (Å²) in [6, 6.07) is 42.4. The zero-order chi connectivity index (χ0) is 77.0. The lowest BCUT2D eigenvalue weighted by Gasteiger charge is -2.27. The molecule has 0 N–H and O–H groups in total. The van der Waals surface area contributed by atoms with E-state index in [0.717, 1.165) is 156 Å². The highest BCUT2D eigenvalue weighted by Gasteiger charge is 2.31. The maximum absolute atomic E-state index is 6.70. The van der Waals surface area contributed by atoms with E-state index in [1.165, 1.54) is 96.3 Å². The van der Waals surface area contributed by atoms with Crippen LogP contribution in [0, 0.1) is 91.8 Å². The van der Waals surface area contributed by atoms with Crippen LogP contribution in [0.1, 0.15) is 282 Å². The van der Waals surface area contributed by atoms with Crippen molar-refractivity contribution in [2.45, 2.75) is 221 Å². The minimum absolute atomic E-state index is 0.00219. The normalized spacial score (nSPS) is 11.4. The first-order chi connectivity index (χ1) is 53.2. The van der Waals surface area contributed by atoms with E-state index in [1.807, 2.05) is 91.0 Å². The number of benzene rings is 6. The van der Waals surface area contributed by atoms with E-state index >= 15 is 0 Å². The van der Waals surface area contributed by atoms with Gasteiger partial charge < -0.3 is 28.4 Å². The summed E-state index contributed by atoms with van der Waals surface area (Å²) in [5, 5.41) is 0. The van der Waals surface area contributed by atoms with Gasteiger partial charge in [0.15, 0.2) is 0 Å². The second kappa shape index (κ2) is 44.3. The molecule has 109 heavy (non-hydrogen) atoms. The summed E-state index contributed by atoms with van der Waals surface area (Å²) in [5.41, 5.74) is 14.5. The highest BCUT2D eigenvalue weighted by atomic mass is 16.5. The Balaban J connectivity index is 1.19. The van der Waals surface area contributed by atoms with Crippen LogP contribution < -0.4 is 28.4 Å². The van der Waals surface area contributed by atoms with Crippen LogP contribution in [0.2, 0.25) is 0 Å². The molecule has 0 amide bonds. The van der Waals surface area contributed by atoms with E-state index in [2.05, 4.69) is 185 Å². The van der Waals surface area contributed by atoms with Crippen LogP contribution in [0.4, 0.5) is 0 Å². The lowest BCUT2D eigenvalue weighted by molar-refractivity contribution is 0.206. The summed E-state index contributed by atoms with van der Waals surface area (Å²) >= 11 is 0. The maximum Gasteiger partial charge on any atom is 0.126 e. The topological polar surface area (TPSA) is 94.1 Å². The highest BCUT2D eigenvalue weighted by molar-refractivity contribution is 5.67. The molecule has 0 saturated heterocycles. The van der Waals surface area contributed by atoms with Gasteiger partial charge in [0.1, 0.15) is 34.5 Å². The number of unbranched alkanes of at least 4 members (excludes halogenated alkanes) is 15. The quantitative estimate of drug-likeness (QED) is 0.0226. The third-order valence-corrected chi connectivity index (χ3v) is 19.2. The molecule has 9 nitrogen and oxygen atoms in total. The molecule has 0 aliphatic heterocycles. The van der Waals surface area contributed by atoms with Gasteiger partial charge in [-0.3, -0.25) is 15.0 Å². The van der Waals surface area contributed by atoms with Gasteiger partial charge >= 0.3 is 0 Å². The van der Waals surface area contributed by atoms with E-state index in [9.17, 15) is 0 Å². The summed E-state index contributed by atoms with van der Waals surface area (Å²) in [7, 11) is 5.17.